The summed E-state index contributed by atoms with van der Waals surface area (Å²) in [5.74, 6) is 1.23. The van der Waals surface area contributed by atoms with Crippen molar-refractivity contribution in [2.45, 2.75) is 26.4 Å². The van der Waals surface area contributed by atoms with Gasteiger partial charge in [0.05, 0.1) is 6.61 Å². The molecule has 0 radical (unpaired) electrons. The molecular formula is C16H20O3. The van der Waals surface area contributed by atoms with Crippen LogP contribution in [0.1, 0.15) is 30.6 Å². The molecule has 0 spiro atoms. The van der Waals surface area contributed by atoms with E-state index in [1.165, 1.54) is 0 Å². The van der Waals surface area contributed by atoms with Crippen LogP contribution in [-0.4, -0.2) is 19.0 Å². The van der Waals surface area contributed by atoms with Gasteiger partial charge in [-0.05, 0) is 38.1 Å². The number of hydrogen-bond acceptors (Lipinski definition) is 3. The summed E-state index contributed by atoms with van der Waals surface area (Å²) in [6.07, 6.45) is 7.14. The van der Waals surface area contributed by atoms with Gasteiger partial charge >= 0.3 is 0 Å². The van der Waals surface area contributed by atoms with Crippen molar-refractivity contribution in [2.24, 2.45) is 0 Å². The lowest BCUT2D eigenvalue weighted by molar-refractivity contribution is 0.112. The average Bonchev–Trinajstić information content (AvgIpc) is 2.41. The molecule has 0 amide bonds. The number of hydrogen-bond donors (Lipinski definition) is 0. The molecule has 0 aliphatic carbocycles. The molecule has 0 saturated heterocycles. The van der Waals surface area contributed by atoms with Crippen molar-refractivity contribution in [3.63, 3.8) is 0 Å². The van der Waals surface area contributed by atoms with Crippen molar-refractivity contribution in [3.8, 4) is 11.5 Å². The highest BCUT2D eigenvalue weighted by atomic mass is 16.5. The quantitative estimate of drug-likeness (QED) is 0.527. The fourth-order valence-corrected chi connectivity index (χ4v) is 1.67. The first-order chi connectivity index (χ1) is 9.24. The fraction of sp³-hybridized carbons (Fsp3) is 0.312. The van der Waals surface area contributed by atoms with E-state index in [-0.39, 0.29) is 6.10 Å². The maximum Gasteiger partial charge on any atom is 0.162 e. The van der Waals surface area contributed by atoms with Gasteiger partial charge in [0, 0.05) is 12.0 Å². The summed E-state index contributed by atoms with van der Waals surface area (Å²) >= 11 is 0. The summed E-state index contributed by atoms with van der Waals surface area (Å²) in [5.41, 5.74) is 0.571. The van der Waals surface area contributed by atoms with Gasteiger partial charge < -0.3 is 9.47 Å². The van der Waals surface area contributed by atoms with E-state index in [1.807, 2.05) is 32.1 Å². The number of carbonyl (C=O) groups excluding carboxylic acids is 1. The predicted molar refractivity (Wildman–Crippen MR) is 77.0 cm³/mol. The molecule has 0 N–H and O–H groups in total. The van der Waals surface area contributed by atoms with Gasteiger partial charge in [-0.15, -0.1) is 6.58 Å². The molecule has 0 heterocycles. The van der Waals surface area contributed by atoms with Crippen LogP contribution >= 0.6 is 0 Å². The Hall–Kier alpha value is -2.03. The van der Waals surface area contributed by atoms with Gasteiger partial charge in [-0.2, -0.15) is 0 Å². The molecule has 1 aromatic rings. The molecule has 102 valence electrons. The zero-order chi connectivity index (χ0) is 14.1. The number of ether oxygens (including phenoxy) is 2. The van der Waals surface area contributed by atoms with Gasteiger partial charge in [0.2, 0.25) is 0 Å². The van der Waals surface area contributed by atoms with E-state index < -0.39 is 0 Å². The van der Waals surface area contributed by atoms with Crippen LogP contribution in [0.4, 0.5) is 0 Å². The molecule has 0 aliphatic heterocycles. The van der Waals surface area contributed by atoms with Gasteiger partial charge in [-0.1, -0.05) is 12.2 Å². The Morgan fingerprint density at radius 1 is 1.37 bits per heavy atom. The summed E-state index contributed by atoms with van der Waals surface area (Å²) in [7, 11) is 0. The predicted octanol–water partition coefficient (Wildman–Crippen LogP) is 3.80. The normalized spacial score (nSPS) is 12.1. The number of benzene rings is 1. The highest BCUT2D eigenvalue weighted by Gasteiger charge is 2.10. The van der Waals surface area contributed by atoms with Crippen molar-refractivity contribution in [3.05, 3.63) is 48.6 Å². The standard InChI is InChI=1S/C16H20O3/c1-4-7-14(8-5-2)19-15-10-9-13(12-17)11-16(15)18-6-3/h4-5,8-12,14H,1,6-7H2,2-3H3/b8-5+. The maximum absolute atomic E-state index is 10.8. The summed E-state index contributed by atoms with van der Waals surface area (Å²) in [6, 6.07) is 5.16. The third kappa shape index (κ3) is 4.62. The second kappa shape index (κ2) is 8.14. The van der Waals surface area contributed by atoms with Crippen LogP contribution in [0.3, 0.4) is 0 Å². The first-order valence-corrected chi connectivity index (χ1v) is 6.37. The Morgan fingerprint density at radius 2 is 2.16 bits per heavy atom. The van der Waals surface area contributed by atoms with E-state index in [9.17, 15) is 4.79 Å². The Balaban J connectivity index is 2.96. The smallest absolute Gasteiger partial charge is 0.162 e. The second-order valence-corrected chi connectivity index (χ2v) is 3.96. The van der Waals surface area contributed by atoms with Crippen molar-refractivity contribution in [1.29, 1.82) is 0 Å². The number of allylic oxidation sites excluding steroid dienone is 1. The molecule has 0 saturated carbocycles. The van der Waals surface area contributed by atoms with Crippen LogP contribution in [0.2, 0.25) is 0 Å². The summed E-state index contributed by atoms with van der Waals surface area (Å²) in [6.45, 7) is 8.08. The molecule has 19 heavy (non-hydrogen) atoms. The van der Waals surface area contributed by atoms with Gasteiger partial charge in [0.1, 0.15) is 12.4 Å². The highest BCUT2D eigenvalue weighted by molar-refractivity contribution is 5.76. The van der Waals surface area contributed by atoms with Gasteiger partial charge in [-0.3, -0.25) is 4.79 Å². The molecule has 0 aromatic heterocycles. The Morgan fingerprint density at radius 3 is 2.74 bits per heavy atom. The van der Waals surface area contributed by atoms with Crippen LogP contribution < -0.4 is 9.47 Å². The number of rotatable bonds is 8. The number of carbonyl (C=O) groups is 1. The van der Waals surface area contributed by atoms with Crippen LogP contribution in [-0.2, 0) is 0 Å². The summed E-state index contributed by atoms with van der Waals surface area (Å²) in [5, 5.41) is 0. The lowest BCUT2D eigenvalue weighted by atomic mass is 10.2. The van der Waals surface area contributed by atoms with Gasteiger partial charge in [0.15, 0.2) is 11.5 Å². The van der Waals surface area contributed by atoms with Crippen LogP contribution in [0.15, 0.2) is 43.0 Å². The Labute approximate surface area is 114 Å². The zero-order valence-corrected chi connectivity index (χ0v) is 11.5. The van der Waals surface area contributed by atoms with Crippen LogP contribution in [0.25, 0.3) is 0 Å². The Bertz CT molecular complexity index is 449. The fourth-order valence-electron chi connectivity index (χ4n) is 1.67. The van der Waals surface area contributed by atoms with E-state index in [4.69, 9.17) is 9.47 Å². The molecule has 3 nitrogen and oxygen atoms in total. The first kappa shape index (κ1) is 15.0. The van der Waals surface area contributed by atoms with Crippen molar-refractivity contribution in [1.82, 2.24) is 0 Å². The highest BCUT2D eigenvalue weighted by Crippen LogP contribution is 2.29. The summed E-state index contributed by atoms with van der Waals surface area (Å²) in [4.78, 5) is 10.8. The van der Waals surface area contributed by atoms with Gasteiger partial charge in [-0.25, -0.2) is 0 Å². The van der Waals surface area contributed by atoms with E-state index in [2.05, 4.69) is 6.58 Å². The third-order valence-corrected chi connectivity index (χ3v) is 2.49. The monoisotopic (exact) mass is 260 g/mol. The number of aldehydes is 1. The molecule has 1 rings (SSSR count). The topological polar surface area (TPSA) is 35.5 Å². The molecule has 1 unspecified atom stereocenters. The van der Waals surface area contributed by atoms with Gasteiger partial charge in [0.25, 0.3) is 0 Å². The largest absolute Gasteiger partial charge is 0.490 e. The van der Waals surface area contributed by atoms with Crippen LogP contribution in [0, 0.1) is 0 Å². The van der Waals surface area contributed by atoms with E-state index in [0.29, 0.717) is 30.1 Å². The second-order valence-electron chi connectivity index (χ2n) is 3.96. The molecule has 1 aromatic carbocycles. The third-order valence-electron chi connectivity index (χ3n) is 2.49. The first-order valence-electron chi connectivity index (χ1n) is 6.37. The van der Waals surface area contributed by atoms with Crippen molar-refractivity contribution >= 4 is 6.29 Å². The van der Waals surface area contributed by atoms with Crippen LogP contribution in [0.5, 0.6) is 11.5 Å². The summed E-state index contributed by atoms with van der Waals surface area (Å²) < 4.78 is 11.4. The van der Waals surface area contributed by atoms with Crippen molar-refractivity contribution in [2.75, 3.05) is 6.61 Å². The molecule has 0 aliphatic rings. The minimum atomic E-state index is -0.0798. The molecule has 1 atom stereocenters. The minimum absolute atomic E-state index is 0.0798. The lowest BCUT2D eigenvalue weighted by Gasteiger charge is -2.17. The molecule has 3 heteroatoms. The molecule has 0 bridgehead atoms. The zero-order valence-electron chi connectivity index (χ0n) is 11.5. The lowest BCUT2D eigenvalue weighted by Crippen LogP contribution is -2.13. The van der Waals surface area contributed by atoms with Crippen molar-refractivity contribution < 1.29 is 14.3 Å². The maximum atomic E-state index is 10.8. The van der Waals surface area contributed by atoms with E-state index in [1.54, 1.807) is 18.2 Å². The van der Waals surface area contributed by atoms with E-state index >= 15 is 0 Å². The average molecular weight is 260 g/mol. The molecule has 0 fully saturated rings. The Kier molecular flexibility index (Phi) is 6.44. The molecular weight excluding hydrogens is 240 g/mol. The van der Waals surface area contributed by atoms with E-state index in [0.717, 1.165) is 6.29 Å². The minimum Gasteiger partial charge on any atom is -0.490 e. The SMILES string of the molecule is C=CCC(/C=C/C)Oc1ccc(C=O)cc1OCC.